The SMILES string of the molecule is CC1CN(CC(O)COc2ccc(S(=O)(=O)N3CCCC3)cc2[N+](=O)[O-])CC(C)O1.O=C(O)C(=O)O. The maximum Gasteiger partial charge on any atom is 0.414 e. The Labute approximate surface area is 208 Å². The molecule has 3 rings (SSSR count). The Morgan fingerprint density at radius 1 is 1.17 bits per heavy atom. The molecule has 3 atom stereocenters. The molecular formula is C21H31N3O11S. The number of carboxylic acid groups (broad SMARTS) is 2. The molecule has 0 amide bonds. The van der Waals surface area contributed by atoms with Crippen molar-refractivity contribution in [2.75, 3.05) is 39.3 Å². The van der Waals surface area contributed by atoms with Gasteiger partial charge in [0, 0.05) is 38.8 Å². The third-order valence-corrected chi connectivity index (χ3v) is 7.30. The maximum atomic E-state index is 12.7. The summed E-state index contributed by atoms with van der Waals surface area (Å²) >= 11 is 0. The van der Waals surface area contributed by atoms with Gasteiger partial charge in [0.1, 0.15) is 12.7 Å². The summed E-state index contributed by atoms with van der Waals surface area (Å²) in [6.07, 6.45) is 0.832. The first kappa shape index (κ1) is 29.4. The highest BCUT2D eigenvalue weighted by Crippen LogP contribution is 2.32. The molecule has 15 heteroatoms. The zero-order chi connectivity index (χ0) is 27.0. The molecule has 0 radical (unpaired) electrons. The minimum atomic E-state index is -3.77. The minimum Gasteiger partial charge on any atom is -0.484 e. The molecule has 3 unspecified atom stereocenters. The summed E-state index contributed by atoms with van der Waals surface area (Å²) in [6, 6.07) is 3.63. The van der Waals surface area contributed by atoms with Crippen LogP contribution in [0, 0.1) is 10.1 Å². The standard InChI is InChI=1S/C19H29N3O7S.C2H2O4/c1-14-10-20(11-15(2)29-14)12-16(23)13-28-19-6-5-17(9-18(19)22(24)25)30(26,27)21-7-3-4-8-21;3-1(4)2(5)6/h5-6,9,14-16,23H,3-4,7-8,10-13H2,1-2H3;(H,3,4)(H,5,6). The lowest BCUT2D eigenvalue weighted by Crippen LogP contribution is -2.48. The molecular weight excluding hydrogens is 502 g/mol. The summed E-state index contributed by atoms with van der Waals surface area (Å²) in [4.78, 5) is 31.0. The molecule has 0 saturated carbocycles. The van der Waals surface area contributed by atoms with E-state index in [1.807, 2.05) is 13.8 Å². The molecule has 0 bridgehead atoms. The number of nitrogens with zero attached hydrogens (tertiary/aromatic N) is 3. The van der Waals surface area contributed by atoms with Crippen LogP contribution in [0.25, 0.3) is 0 Å². The van der Waals surface area contributed by atoms with Crippen LogP contribution in [0.4, 0.5) is 5.69 Å². The lowest BCUT2D eigenvalue weighted by atomic mass is 10.2. The number of nitro benzene ring substituents is 1. The van der Waals surface area contributed by atoms with Crippen molar-refractivity contribution in [1.29, 1.82) is 0 Å². The number of hydrogen-bond acceptors (Lipinski definition) is 10. The van der Waals surface area contributed by atoms with Crippen LogP contribution in [0.3, 0.4) is 0 Å². The van der Waals surface area contributed by atoms with Gasteiger partial charge in [-0.2, -0.15) is 4.31 Å². The van der Waals surface area contributed by atoms with Gasteiger partial charge in [-0.3, -0.25) is 15.0 Å². The third kappa shape index (κ3) is 8.37. The van der Waals surface area contributed by atoms with Gasteiger partial charge in [0.05, 0.1) is 22.0 Å². The number of aliphatic carboxylic acids is 2. The van der Waals surface area contributed by atoms with Crippen LogP contribution in [0.1, 0.15) is 26.7 Å². The number of carboxylic acids is 2. The van der Waals surface area contributed by atoms with E-state index in [4.69, 9.17) is 29.3 Å². The lowest BCUT2D eigenvalue weighted by molar-refractivity contribution is -0.386. The predicted octanol–water partition coefficient (Wildman–Crippen LogP) is 0.384. The highest BCUT2D eigenvalue weighted by Gasteiger charge is 2.30. The Balaban J connectivity index is 0.000000678. The van der Waals surface area contributed by atoms with Gasteiger partial charge in [-0.25, -0.2) is 18.0 Å². The number of carbonyl (C=O) groups is 2. The molecule has 14 nitrogen and oxygen atoms in total. The van der Waals surface area contributed by atoms with Crippen molar-refractivity contribution < 1.29 is 47.7 Å². The van der Waals surface area contributed by atoms with E-state index in [9.17, 15) is 23.6 Å². The molecule has 1 aromatic rings. The Morgan fingerprint density at radius 3 is 2.22 bits per heavy atom. The number of morpholine rings is 1. The van der Waals surface area contributed by atoms with Crippen molar-refractivity contribution in [2.24, 2.45) is 0 Å². The topological polar surface area (TPSA) is 197 Å². The molecule has 0 aromatic heterocycles. The largest absolute Gasteiger partial charge is 0.484 e. The first-order chi connectivity index (χ1) is 16.8. The number of hydrogen-bond donors (Lipinski definition) is 3. The average molecular weight is 534 g/mol. The number of sulfonamides is 1. The van der Waals surface area contributed by atoms with Crippen LogP contribution in [0.5, 0.6) is 5.75 Å². The van der Waals surface area contributed by atoms with E-state index in [1.165, 1.54) is 16.4 Å². The Morgan fingerprint density at radius 2 is 1.72 bits per heavy atom. The number of rotatable bonds is 8. The van der Waals surface area contributed by atoms with Gasteiger partial charge >= 0.3 is 17.6 Å². The smallest absolute Gasteiger partial charge is 0.414 e. The van der Waals surface area contributed by atoms with Gasteiger partial charge < -0.3 is 24.8 Å². The van der Waals surface area contributed by atoms with E-state index in [0.29, 0.717) is 32.7 Å². The first-order valence-electron chi connectivity index (χ1n) is 11.2. The second kappa shape index (κ2) is 12.9. The molecule has 0 spiro atoms. The van der Waals surface area contributed by atoms with Gasteiger partial charge in [0.2, 0.25) is 10.0 Å². The summed E-state index contributed by atoms with van der Waals surface area (Å²) in [5.41, 5.74) is -0.434. The van der Waals surface area contributed by atoms with Crippen molar-refractivity contribution >= 4 is 27.6 Å². The summed E-state index contributed by atoms with van der Waals surface area (Å²) in [6.45, 7) is 6.35. The fraction of sp³-hybridized carbons (Fsp3) is 0.619. The van der Waals surface area contributed by atoms with Crippen molar-refractivity contribution in [2.45, 2.75) is 49.9 Å². The molecule has 202 valence electrons. The molecule has 2 aliphatic heterocycles. The second-order valence-electron chi connectivity index (χ2n) is 8.55. The van der Waals surface area contributed by atoms with E-state index in [0.717, 1.165) is 18.9 Å². The van der Waals surface area contributed by atoms with Crippen molar-refractivity contribution in [3.8, 4) is 5.75 Å². The Bertz CT molecular complexity index is 1020. The van der Waals surface area contributed by atoms with Gasteiger partial charge in [0.25, 0.3) is 0 Å². The van der Waals surface area contributed by atoms with E-state index in [-0.39, 0.29) is 29.5 Å². The molecule has 3 N–H and O–H groups in total. The lowest BCUT2D eigenvalue weighted by Gasteiger charge is -2.36. The normalized spacial score (nSPS) is 21.8. The summed E-state index contributed by atoms with van der Waals surface area (Å²) in [7, 11) is -3.77. The van der Waals surface area contributed by atoms with E-state index >= 15 is 0 Å². The number of nitro groups is 1. The monoisotopic (exact) mass is 533 g/mol. The van der Waals surface area contributed by atoms with Gasteiger partial charge in [0.15, 0.2) is 5.75 Å². The van der Waals surface area contributed by atoms with E-state index in [1.54, 1.807) is 0 Å². The number of aliphatic hydroxyl groups excluding tert-OH is 1. The van der Waals surface area contributed by atoms with Crippen LogP contribution < -0.4 is 4.74 Å². The van der Waals surface area contributed by atoms with E-state index < -0.39 is 38.7 Å². The third-order valence-electron chi connectivity index (χ3n) is 5.41. The number of ether oxygens (including phenoxy) is 2. The van der Waals surface area contributed by atoms with Crippen molar-refractivity contribution in [3.05, 3.63) is 28.3 Å². The summed E-state index contributed by atoms with van der Waals surface area (Å²) in [5, 5.41) is 36.6. The first-order valence-corrected chi connectivity index (χ1v) is 12.7. The summed E-state index contributed by atoms with van der Waals surface area (Å²) in [5.74, 6) is -3.71. The van der Waals surface area contributed by atoms with Crippen molar-refractivity contribution in [3.63, 3.8) is 0 Å². The molecule has 0 aliphatic carbocycles. The molecule has 2 heterocycles. The minimum absolute atomic E-state index is 0.0630. The van der Waals surface area contributed by atoms with Crippen molar-refractivity contribution in [1.82, 2.24) is 9.21 Å². The molecule has 36 heavy (non-hydrogen) atoms. The average Bonchev–Trinajstić information content (AvgIpc) is 3.33. The van der Waals surface area contributed by atoms with Crippen LogP contribution in [0.2, 0.25) is 0 Å². The second-order valence-corrected chi connectivity index (χ2v) is 10.5. The molecule has 1 aromatic carbocycles. The number of β-amino-alcohol motifs (C(OH)–C–C–N with tert-alkyl or cyclic N) is 1. The van der Waals surface area contributed by atoms with Crippen LogP contribution >= 0.6 is 0 Å². The van der Waals surface area contributed by atoms with Gasteiger partial charge in [-0.05, 0) is 38.8 Å². The van der Waals surface area contributed by atoms with Crippen LogP contribution in [-0.4, -0.2) is 107 Å². The maximum absolute atomic E-state index is 12.7. The van der Waals surface area contributed by atoms with E-state index in [2.05, 4.69) is 4.90 Å². The Hall–Kier alpha value is -2.85. The summed E-state index contributed by atoms with van der Waals surface area (Å²) < 4.78 is 37.8. The highest BCUT2D eigenvalue weighted by molar-refractivity contribution is 7.89. The predicted molar refractivity (Wildman–Crippen MR) is 124 cm³/mol. The van der Waals surface area contributed by atoms with Crippen LogP contribution in [-0.2, 0) is 24.3 Å². The zero-order valence-electron chi connectivity index (χ0n) is 20.0. The molecule has 2 aliphatic rings. The molecule has 2 saturated heterocycles. The highest BCUT2D eigenvalue weighted by atomic mass is 32.2. The van der Waals surface area contributed by atoms with Gasteiger partial charge in [-0.1, -0.05) is 0 Å². The quantitative estimate of drug-likeness (QED) is 0.236. The number of aliphatic hydroxyl groups is 1. The fourth-order valence-corrected chi connectivity index (χ4v) is 5.51. The van der Waals surface area contributed by atoms with Crippen LogP contribution in [0.15, 0.2) is 23.1 Å². The molecule has 2 fully saturated rings. The van der Waals surface area contributed by atoms with Gasteiger partial charge in [-0.15, -0.1) is 0 Å². The zero-order valence-corrected chi connectivity index (χ0v) is 20.8. The fourth-order valence-electron chi connectivity index (χ4n) is 3.97. The number of benzene rings is 1. The Kier molecular flexibility index (Phi) is 10.5.